The number of nitro benzene ring substituents is 1. The van der Waals surface area contributed by atoms with Crippen LogP contribution >= 0.6 is 35.0 Å². The molecule has 0 atom stereocenters. The Morgan fingerprint density at radius 1 is 1.30 bits per heavy atom. The molecule has 0 bridgehead atoms. The van der Waals surface area contributed by atoms with Gasteiger partial charge in [0.25, 0.3) is 16.8 Å². The summed E-state index contributed by atoms with van der Waals surface area (Å²) in [7, 11) is 0. The van der Waals surface area contributed by atoms with E-state index in [4.69, 9.17) is 32.4 Å². The smallest absolute Gasteiger partial charge is 0.326 e. The molecule has 1 aromatic heterocycles. The molecule has 0 unspecified atom stereocenters. The number of nitrogens with zero attached hydrogens (tertiary/aromatic N) is 2. The van der Waals surface area contributed by atoms with Crippen LogP contribution in [-0.2, 0) is 14.3 Å². The number of esters is 1. The molecule has 1 saturated heterocycles. The summed E-state index contributed by atoms with van der Waals surface area (Å²) in [5.74, 6) is -0.937. The number of furan rings is 1. The molecule has 3 rings (SSSR count). The highest BCUT2D eigenvalue weighted by atomic mass is 35.5. The first-order valence-corrected chi connectivity index (χ1v) is 9.93. The number of imide groups is 1. The third-order valence-corrected chi connectivity index (χ3v) is 5.39. The second-order valence-electron chi connectivity index (χ2n) is 5.82. The molecule has 0 aliphatic carbocycles. The molecule has 2 aromatic rings. The van der Waals surface area contributed by atoms with Crippen LogP contribution in [0.15, 0.2) is 33.6 Å². The van der Waals surface area contributed by atoms with Crippen molar-refractivity contribution < 1.29 is 28.5 Å². The Morgan fingerprint density at radius 3 is 2.70 bits per heavy atom. The zero-order valence-corrected chi connectivity index (χ0v) is 17.5. The van der Waals surface area contributed by atoms with Crippen molar-refractivity contribution in [2.75, 3.05) is 13.2 Å². The monoisotopic (exact) mass is 470 g/mol. The fraction of sp³-hybridized carbons (Fsp3) is 0.167. The van der Waals surface area contributed by atoms with Crippen LogP contribution in [0.1, 0.15) is 12.7 Å². The number of rotatable bonds is 6. The van der Waals surface area contributed by atoms with E-state index < -0.39 is 28.6 Å². The van der Waals surface area contributed by atoms with Crippen molar-refractivity contribution in [1.29, 1.82) is 0 Å². The Morgan fingerprint density at radius 2 is 2.03 bits per heavy atom. The summed E-state index contributed by atoms with van der Waals surface area (Å²) in [6.45, 7) is 1.26. The Bertz CT molecular complexity index is 1100. The number of amides is 2. The van der Waals surface area contributed by atoms with Crippen LogP contribution in [0, 0.1) is 10.1 Å². The van der Waals surface area contributed by atoms with E-state index in [0.29, 0.717) is 11.8 Å². The number of thioether (sulfide) groups is 1. The quantitative estimate of drug-likeness (QED) is 0.256. The number of carbonyl (C=O) groups is 3. The van der Waals surface area contributed by atoms with Gasteiger partial charge in [-0.3, -0.25) is 29.4 Å². The minimum Gasteiger partial charge on any atom is -0.465 e. The standard InChI is InChI=1S/C18H12Cl2N2O7S/c1-2-28-16(23)8-21-17(24)15(30-18(21)25)5-9-3-4-14(29-9)10-6-13(22(26)27)12(20)7-11(10)19/h3-7H,2,8H2,1H3/b15-5+. The number of ether oxygens (including phenoxy) is 1. The van der Waals surface area contributed by atoms with E-state index >= 15 is 0 Å². The van der Waals surface area contributed by atoms with Crippen LogP contribution in [0.2, 0.25) is 10.0 Å². The first-order valence-electron chi connectivity index (χ1n) is 8.36. The maximum atomic E-state index is 12.4. The number of nitro groups is 1. The highest BCUT2D eigenvalue weighted by Crippen LogP contribution is 2.38. The highest BCUT2D eigenvalue weighted by molar-refractivity contribution is 8.18. The molecular formula is C18H12Cl2N2O7S. The van der Waals surface area contributed by atoms with Crippen LogP contribution in [0.5, 0.6) is 0 Å². The summed E-state index contributed by atoms with van der Waals surface area (Å²) in [6.07, 6.45) is 1.33. The first kappa shape index (κ1) is 21.9. The van der Waals surface area contributed by atoms with Gasteiger partial charge >= 0.3 is 5.97 Å². The van der Waals surface area contributed by atoms with Crippen LogP contribution in [0.25, 0.3) is 17.4 Å². The van der Waals surface area contributed by atoms with Gasteiger partial charge in [0.05, 0.1) is 21.5 Å². The summed E-state index contributed by atoms with van der Waals surface area (Å²) in [4.78, 5) is 47.3. The van der Waals surface area contributed by atoms with Crippen LogP contribution < -0.4 is 0 Å². The molecular weight excluding hydrogens is 459 g/mol. The highest BCUT2D eigenvalue weighted by Gasteiger charge is 2.37. The van der Waals surface area contributed by atoms with E-state index in [0.717, 1.165) is 4.90 Å². The van der Waals surface area contributed by atoms with Crippen molar-refractivity contribution in [3.05, 3.63) is 55.1 Å². The molecule has 0 N–H and O–H groups in total. The number of hydrogen-bond acceptors (Lipinski definition) is 8. The molecule has 30 heavy (non-hydrogen) atoms. The third kappa shape index (κ3) is 4.50. The maximum Gasteiger partial charge on any atom is 0.326 e. The van der Waals surface area contributed by atoms with Gasteiger partial charge in [-0.2, -0.15) is 0 Å². The predicted molar refractivity (Wildman–Crippen MR) is 110 cm³/mol. The Hall–Kier alpha value is -2.82. The van der Waals surface area contributed by atoms with E-state index in [9.17, 15) is 24.5 Å². The fourth-order valence-corrected chi connectivity index (χ4v) is 3.91. The van der Waals surface area contributed by atoms with Gasteiger partial charge in [-0.1, -0.05) is 23.2 Å². The van der Waals surface area contributed by atoms with E-state index in [-0.39, 0.29) is 44.3 Å². The number of halogens is 2. The fourth-order valence-electron chi connectivity index (χ4n) is 2.54. The van der Waals surface area contributed by atoms with Crippen molar-refractivity contribution in [3.8, 4) is 11.3 Å². The lowest BCUT2D eigenvalue weighted by Gasteiger charge is -2.10. The van der Waals surface area contributed by atoms with Crippen molar-refractivity contribution in [2.24, 2.45) is 0 Å². The van der Waals surface area contributed by atoms with E-state index in [2.05, 4.69) is 0 Å². The van der Waals surface area contributed by atoms with Crippen LogP contribution in [0.4, 0.5) is 10.5 Å². The summed E-state index contributed by atoms with van der Waals surface area (Å²) >= 11 is 12.6. The predicted octanol–water partition coefficient (Wildman–Crippen LogP) is 4.76. The van der Waals surface area contributed by atoms with Crippen molar-refractivity contribution >= 4 is 63.8 Å². The average Bonchev–Trinajstić information content (AvgIpc) is 3.22. The lowest BCUT2D eigenvalue weighted by Crippen LogP contribution is -2.34. The van der Waals surface area contributed by atoms with Crippen molar-refractivity contribution in [3.63, 3.8) is 0 Å². The lowest BCUT2D eigenvalue weighted by atomic mass is 10.1. The molecule has 0 saturated carbocycles. The lowest BCUT2D eigenvalue weighted by molar-refractivity contribution is -0.384. The van der Waals surface area contributed by atoms with Gasteiger partial charge in [-0.05, 0) is 36.9 Å². The minimum absolute atomic E-state index is 0.0541. The van der Waals surface area contributed by atoms with Crippen molar-refractivity contribution in [2.45, 2.75) is 6.92 Å². The molecule has 1 fully saturated rings. The largest absolute Gasteiger partial charge is 0.465 e. The number of hydrogen-bond donors (Lipinski definition) is 0. The molecule has 1 aliphatic rings. The molecule has 1 aromatic carbocycles. The van der Waals surface area contributed by atoms with Crippen molar-refractivity contribution in [1.82, 2.24) is 4.90 Å². The first-order chi connectivity index (χ1) is 14.2. The van der Waals surface area contributed by atoms with Gasteiger partial charge in [0, 0.05) is 17.7 Å². The van der Waals surface area contributed by atoms with Gasteiger partial charge in [0.1, 0.15) is 23.1 Å². The van der Waals surface area contributed by atoms with Gasteiger partial charge in [-0.25, -0.2) is 0 Å². The molecule has 156 valence electrons. The zero-order valence-electron chi connectivity index (χ0n) is 15.2. The topological polar surface area (TPSA) is 120 Å². The molecule has 12 heteroatoms. The number of carbonyl (C=O) groups excluding carboxylic acids is 3. The number of benzene rings is 1. The second kappa shape index (κ2) is 8.90. The van der Waals surface area contributed by atoms with Gasteiger partial charge in [-0.15, -0.1) is 0 Å². The van der Waals surface area contributed by atoms with Crippen LogP contribution in [-0.4, -0.2) is 40.1 Å². The maximum absolute atomic E-state index is 12.4. The zero-order chi connectivity index (χ0) is 22.0. The summed E-state index contributed by atoms with van der Waals surface area (Å²) in [5.41, 5.74) is -0.100. The Labute approximate surface area is 183 Å². The van der Waals surface area contributed by atoms with E-state index in [1.807, 2.05) is 0 Å². The molecule has 0 spiro atoms. The van der Waals surface area contributed by atoms with Gasteiger partial charge in [0.15, 0.2) is 0 Å². The minimum atomic E-state index is -0.694. The average molecular weight is 471 g/mol. The van der Waals surface area contributed by atoms with Crippen LogP contribution in [0.3, 0.4) is 0 Å². The second-order valence-corrected chi connectivity index (χ2v) is 7.62. The van der Waals surface area contributed by atoms with Gasteiger partial charge in [0.2, 0.25) is 0 Å². The molecule has 1 aliphatic heterocycles. The van der Waals surface area contributed by atoms with E-state index in [1.54, 1.807) is 6.92 Å². The Kier molecular flexibility index (Phi) is 6.49. The van der Waals surface area contributed by atoms with E-state index in [1.165, 1.54) is 30.3 Å². The normalized spacial score (nSPS) is 15.2. The molecule has 2 amide bonds. The molecule has 9 nitrogen and oxygen atoms in total. The molecule has 2 heterocycles. The Balaban J connectivity index is 1.85. The molecule has 0 radical (unpaired) electrons. The SMILES string of the molecule is CCOC(=O)CN1C(=O)S/C(=C/c2ccc(-c3cc([N+](=O)[O-])c(Cl)cc3Cl)o2)C1=O. The summed E-state index contributed by atoms with van der Waals surface area (Å²) < 4.78 is 10.4. The van der Waals surface area contributed by atoms with Gasteiger partial charge < -0.3 is 9.15 Å². The third-order valence-electron chi connectivity index (χ3n) is 3.86. The summed E-state index contributed by atoms with van der Waals surface area (Å²) in [5, 5.41) is 10.5. The summed E-state index contributed by atoms with van der Waals surface area (Å²) in [6, 6.07) is 5.43.